The molecule has 6 aromatic rings. The zero-order valence-corrected chi connectivity index (χ0v) is 21.5. The molecule has 0 aliphatic carbocycles. The van der Waals surface area contributed by atoms with Gasteiger partial charge in [-0.2, -0.15) is 5.10 Å². The highest BCUT2D eigenvalue weighted by Crippen LogP contribution is 2.36. The largest absolute Gasteiger partial charge is 0.491 e. The van der Waals surface area contributed by atoms with Crippen LogP contribution >= 0.6 is 0 Å². The molecule has 7 rings (SSSR count). The smallest absolute Gasteiger partial charge is 0.138 e. The Kier molecular flexibility index (Phi) is 6.06. The van der Waals surface area contributed by atoms with Gasteiger partial charge in [0.1, 0.15) is 23.9 Å². The van der Waals surface area contributed by atoms with E-state index in [1.54, 1.807) is 12.3 Å². The summed E-state index contributed by atoms with van der Waals surface area (Å²) in [6.45, 7) is 3.92. The number of nitrogens with one attached hydrogen (secondary N) is 2. The normalized spacial score (nSPS) is 14.0. The number of halogens is 1. The average molecular weight is 518 g/mol. The summed E-state index contributed by atoms with van der Waals surface area (Å²) in [4.78, 5) is 10.4. The van der Waals surface area contributed by atoms with Crippen molar-refractivity contribution in [3.63, 3.8) is 0 Å². The number of H-pyrrole nitrogens is 2. The van der Waals surface area contributed by atoms with Gasteiger partial charge in [0, 0.05) is 40.2 Å². The molecule has 0 atom stereocenters. The van der Waals surface area contributed by atoms with Gasteiger partial charge in [0.25, 0.3) is 0 Å². The van der Waals surface area contributed by atoms with Crippen molar-refractivity contribution in [2.24, 2.45) is 0 Å². The second-order valence-corrected chi connectivity index (χ2v) is 10.1. The van der Waals surface area contributed by atoms with Crippen LogP contribution in [0.1, 0.15) is 12.8 Å². The lowest BCUT2D eigenvalue weighted by Crippen LogP contribution is -2.25. The summed E-state index contributed by atoms with van der Waals surface area (Å²) < 4.78 is 20.7. The summed E-state index contributed by atoms with van der Waals surface area (Å²) in [5, 5.41) is 9.74. The summed E-state index contributed by atoms with van der Waals surface area (Å²) in [7, 11) is 0. The first-order valence-corrected chi connectivity index (χ1v) is 13.4. The Bertz CT molecular complexity index is 1780. The molecule has 6 nitrogen and oxygen atoms in total. The Morgan fingerprint density at radius 2 is 1.69 bits per heavy atom. The number of rotatable bonds is 7. The number of aromatic nitrogens is 4. The van der Waals surface area contributed by atoms with Gasteiger partial charge in [0.15, 0.2) is 0 Å². The van der Waals surface area contributed by atoms with Gasteiger partial charge in [-0.1, -0.05) is 36.4 Å². The third-order valence-corrected chi connectivity index (χ3v) is 7.57. The van der Waals surface area contributed by atoms with Gasteiger partial charge >= 0.3 is 0 Å². The summed E-state index contributed by atoms with van der Waals surface area (Å²) in [6.07, 6.45) is 6.19. The van der Waals surface area contributed by atoms with Gasteiger partial charge in [-0.15, -0.1) is 0 Å². The predicted octanol–water partition coefficient (Wildman–Crippen LogP) is 7.05. The van der Waals surface area contributed by atoms with Crippen LogP contribution < -0.4 is 4.74 Å². The number of ether oxygens (including phenoxy) is 1. The summed E-state index contributed by atoms with van der Waals surface area (Å²) in [6, 6.07) is 23.1. The van der Waals surface area contributed by atoms with Crippen LogP contribution in [0.4, 0.5) is 4.39 Å². The topological polar surface area (TPSA) is 69.8 Å². The Balaban J connectivity index is 1.21. The first kappa shape index (κ1) is 23.6. The lowest BCUT2D eigenvalue weighted by Gasteiger charge is -2.15. The maximum absolute atomic E-state index is 14.6. The number of fused-ring (bicyclic) bond motifs is 2. The fraction of sp³-hybridized carbons (Fsp3) is 0.188. The van der Waals surface area contributed by atoms with E-state index in [0.29, 0.717) is 12.2 Å². The van der Waals surface area contributed by atoms with Crippen molar-refractivity contribution in [3.05, 3.63) is 91.0 Å². The maximum atomic E-state index is 14.6. The van der Waals surface area contributed by atoms with E-state index in [0.717, 1.165) is 75.3 Å². The standard InChI is InChI=1S/C32H28FN5O/c33-28-8-2-1-6-25(28)24-7-5-9-29-26(24)18-31(35-29)32-27-17-21(10-11-30(27)36-37-32)22-16-23(20-34-19-22)39-15-14-38-12-3-4-13-38/h1-2,5-11,16-20,35H,3-4,12-15H2,(H,36,37). The quantitative estimate of drug-likeness (QED) is 0.238. The van der Waals surface area contributed by atoms with Gasteiger partial charge in [0.05, 0.1) is 17.4 Å². The molecule has 194 valence electrons. The number of hydrogen-bond acceptors (Lipinski definition) is 4. The van der Waals surface area contributed by atoms with Crippen molar-refractivity contribution in [1.82, 2.24) is 25.1 Å². The zero-order valence-electron chi connectivity index (χ0n) is 21.5. The zero-order chi connectivity index (χ0) is 26.2. The van der Waals surface area contributed by atoms with E-state index in [9.17, 15) is 4.39 Å². The molecule has 0 bridgehead atoms. The van der Waals surface area contributed by atoms with Crippen LogP contribution in [-0.2, 0) is 0 Å². The Morgan fingerprint density at radius 3 is 2.59 bits per heavy atom. The van der Waals surface area contributed by atoms with Crippen LogP contribution in [0.5, 0.6) is 5.75 Å². The van der Waals surface area contributed by atoms with E-state index >= 15 is 0 Å². The number of likely N-dealkylation sites (tertiary alicyclic amines) is 1. The monoisotopic (exact) mass is 517 g/mol. The summed E-state index contributed by atoms with van der Waals surface area (Å²) >= 11 is 0. The number of hydrogen-bond donors (Lipinski definition) is 2. The van der Waals surface area contributed by atoms with Crippen molar-refractivity contribution < 1.29 is 9.13 Å². The number of aromatic amines is 2. The molecule has 0 unspecified atom stereocenters. The van der Waals surface area contributed by atoms with Crippen molar-refractivity contribution in [3.8, 4) is 39.4 Å². The molecular weight excluding hydrogens is 489 g/mol. The molecule has 7 heteroatoms. The molecule has 1 saturated heterocycles. The van der Waals surface area contributed by atoms with Crippen LogP contribution in [0, 0.1) is 5.82 Å². The van der Waals surface area contributed by atoms with E-state index in [1.807, 2.05) is 48.7 Å². The number of benzene rings is 3. The Morgan fingerprint density at radius 1 is 0.821 bits per heavy atom. The van der Waals surface area contributed by atoms with E-state index in [1.165, 1.54) is 18.9 Å². The van der Waals surface area contributed by atoms with E-state index in [4.69, 9.17) is 4.74 Å². The fourth-order valence-electron chi connectivity index (χ4n) is 5.55. The SMILES string of the molecule is Fc1ccccc1-c1cccc2[nH]c(-c3n[nH]c4ccc(-c5cncc(OCCN6CCCC6)c5)cc34)cc12. The van der Waals surface area contributed by atoms with Crippen molar-refractivity contribution in [2.45, 2.75) is 12.8 Å². The van der Waals surface area contributed by atoms with E-state index in [-0.39, 0.29) is 5.82 Å². The summed E-state index contributed by atoms with van der Waals surface area (Å²) in [5.41, 5.74) is 7.00. The third kappa shape index (κ3) is 4.55. The molecule has 3 aromatic heterocycles. The van der Waals surface area contributed by atoms with Crippen molar-refractivity contribution >= 4 is 21.8 Å². The molecule has 0 spiro atoms. The van der Waals surface area contributed by atoms with Gasteiger partial charge in [0.2, 0.25) is 0 Å². The highest BCUT2D eigenvalue weighted by Gasteiger charge is 2.16. The maximum Gasteiger partial charge on any atom is 0.138 e. The fourth-order valence-corrected chi connectivity index (χ4v) is 5.55. The van der Waals surface area contributed by atoms with E-state index in [2.05, 4.69) is 43.3 Å². The predicted molar refractivity (Wildman–Crippen MR) is 153 cm³/mol. The lowest BCUT2D eigenvalue weighted by molar-refractivity contribution is 0.237. The average Bonchev–Trinajstić information content (AvgIpc) is 3.73. The molecule has 0 radical (unpaired) electrons. The van der Waals surface area contributed by atoms with Crippen LogP contribution in [0.3, 0.4) is 0 Å². The minimum absolute atomic E-state index is 0.238. The molecule has 3 aromatic carbocycles. The van der Waals surface area contributed by atoms with Gasteiger partial charge < -0.3 is 9.72 Å². The van der Waals surface area contributed by atoms with Crippen molar-refractivity contribution in [1.29, 1.82) is 0 Å². The highest BCUT2D eigenvalue weighted by molar-refractivity contribution is 6.01. The third-order valence-electron chi connectivity index (χ3n) is 7.57. The Hall–Kier alpha value is -4.49. The van der Waals surface area contributed by atoms with Crippen LogP contribution in [-0.4, -0.2) is 51.3 Å². The second-order valence-electron chi connectivity index (χ2n) is 10.1. The molecule has 1 aliphatic rings. The van der Waals surface area contributed by atoms with Crippen LogP contribution in [0.2, 0.25) is 0 Å². The minimum atomic E-state index is -0.238. The lowest BCUT2D eigenvalue weighted by atomic mass is 10.0. The minimum Gasteiger partial charge on any atom is -0.491 e. The van der Waals surface area contributed by atoms with Gasteiger partial charge in [-0.05, 0) is 73.5 Å². The number of pyridine rings is 1. The highest BCUT2D eigenvalue weighted by atomic mass is 19.1. The van der Waals surface area contributed by atoms with Gasteiger partial charge in [-0.25, -0.2) is 4.39 Å². The molecule has 0 amide bonds. The van der Waals surface area contributed by atoms with E-state index < -0.39 is 0 Å². The van der Waals surface area contributed by atoms with Gasteiger partial charge in [-0.3, -0.25) is 15.0 Å². The molecule has 2 N–H and O–H groups in total. The van der Waals surface area contributed by atoms with Crippen LogP contribution in [0.15, 0.2) is 85.2 Å². The molecule has 4 heterocycles. The second kappa shape index (κ2) is 10.0. The first-order chi connectivity index (χ1) is 19.2. The number of nitrogens with zero attached hydrogens (tertiary/aromatic N) is 3. The molecule has 1 aliphatic heterocycles. The molecule has 0 saturated carbocycles. The van der Waals surface area contributed by atoms with Crippen molar-refractivity contribution in [2.75, 3.05) is 26.2 Å². The first-order valence-electron chi connectivity index (χ1n) is 13.4. The molecule has 39 heavy (non-hydrogen) atoms. The Labute approximate surface area is 225 Å². The summed E-state index contributed by atoms with van der Waals surface area (Å²) in [5.74, 6) is 0.536. The molecule has 1 fully saturated rings. The van der Waals surface area contributed by atoms with Crippen LogP contribution in [0.25, 0.3) is 55.4 Å². The molecular formula is C32H28FN5O.